The SMILES string of the molecule is [3H]/C(=N\N1CC([O-])=NC1=O)c1ccc(-c2ccc([N+](=O)[O-])cc2)o1.[Na+]. The van der Waals surface area contributed by atoms with Crippen LogP contribution in [0.4, 0.5) is 10.5 Å². The molecular formula is C14H9N4NaO5. The third-order valence-electron chi connectivity index (χ3n) is 2.98. The number of amides is 2. The normalized spacial score (nSPS) is 14.9. The van der Waals surface area contributed by atoms with E-state index in [2.05, 4.69) is 10.1 Å². The van der Waals surface area contributed by atoms with Gasteiger partial charge in [0.15, 0.2) is 0 Å². The van der Waals surface area contributed by atoms with Crippen molar-refractivity contribution in [1.29, 1.82) is 0 Å². The van der Waals surface area contributed by atoms with Gasteiger partial charge in [0, 0.05) is 17.7 Å². The summed E-state index contributed by atoms with van der Waals surface area (Å²) < 4.78 is 13.3. The number of rotatable bonds is 4. The van der Waals surface area contributed by atoms with Crippen LogP contribution in [0.15, 0.2) is 50.9 Å². The molecule has 1 aromatic carbocycles. The smallest absolute Gasteiger partial charge is 0.860 e. The fourth-order valence-electron chi connectivity index (χ4n) is 1.88. The first-order chi connectivity index (χ1) is 11.4. The maximum atomic E-state index is 11.3. The fourth-order valence-corrected chi connectivity index (χ4v) is 1.88. The topological polar surface area (TPSA) is 124 Å². The van der Waals surface area contributed by atoms with E-state index in [1.165, 1.54) is 30.3 Å². The summed E-state index contributed by atoms with van der Waals surface area (Å²) >= 11 is 0. The second-order valence-corrected chi connectivity index (χ2v) is 4.53. The average Bonchev–Trinajstić information content (AvgIpc) is 3.15. The van der Waals surface area contributed by atoms with E-state index in [1.54, 1.807) is 6.07 Å². The molecule has 24 heavy (non-hydrogen) atoms. The number of urea groups is 1. The minimum atomic E-state index is -0.827. The van der Waals surface area contributed by atoms with Crippen LogP contribution in [-0.2, 0) is 0 Å². The molecule has 116 valence electrons. The second-order valence-electron chi connectivity index (χ2n) is 4.53. The monoisotopic (exact) mass is 338 g/mol. The Kier molecular flexibility index (Phi) is 5.04. The predicted molar refractivity (Wildman–Crippen MR) is 77.9 cm³/mol. The Morgan fingerprint density at radius 1 is 1.33 bits per heavy atom. The molecule has 0 fully saturated rings. The van der Waals surface area contributed by atoms with Gasteiger partial charge in [-0.2, -0.15) is 5.10 Å². The van der Waals surface area contributed by atoms with Crippen LogP contribution in [0, 0.1) is 10.1 Å². The zero-order chi connectivity index (χ0) is 17.3. The first-order valence-corrected chi connectivity index (χ1v) is 6.40. The molecule has 0 N–H and O–H groups in total. The van der Waals surface area contributed by atoms with Crippen LogP contribution in [0.1, 0.15) is 7.13 Å². The summed E-state index contributed by atoms with van der Waals surface area (Å²) in [5.41, 5.74) is 0.538. The van der Waals surface area contributed by atoms with Gasteiger partial charge in [-0.3, -0.25) is 10.1 Å². The molecule has 0 aliphatic carbocycles. The van der Waals surface area contributed by atoms with Crippen LogP contribution in [0.5, 0.6) is 0 Å². The number of hydrogen-bond acceptors (Lipinski definition) is 6. The minimum Gasteiger partial charge on any atom is -0.860 e. The van der Waals surface area contributed by atoms with Crippen LogP contribution in [0.3, 0.4) is 0 Å². The Morgan fingerprint density at radius 2 is 2.04 bits per heavy atom. The van der Waals surface area contributed by atoms with Gasteiger partial charge >= 0.3 is 35.6 Å². The molecule has 10 heteroatoms. The maximum Gasteiger partial charge on any atom is 1.00 e. The van der Waals surface area contributed by atoms with Gasteiger partial charge < -0.3 is 9.52 Å². The largest absolute Gasteiger partial charge is 1.00 e. The van der Waals surface area contributed by atoms with Gasteiger partial charge in [-0.15, -0.1) is 0 Å². The van der Waals surface area contributed by atoms with Crippen molar-refractivity contribution in [1.82, 2.24) is 5.01 Å². The predicted octanol–water partition coefficient (Wildman–Crippen LogP) is -1.61. The molecule has 2 heterocycles. The average molecular weight is 338 g/mol. The van der Waals surface area contributed by atoms with Crippen molar-refractivity contribution in [2.75, 3.05) is 6.54 Å². The van der Waals surface area contributed by atoms with E-state index in [9.17, 15) is 20.0 Å². The van der Waals surface area contributed by atoms with Crippen LogP contribution in [-0.4, -0.2) is 34.6 Å². The van der Waals surface area contributed by atoms with Gasteiger partial charge in [-0.1, -0.05) is 0 Å². The number of carbonyl (C=O) groups is 1. The molecule has 0 unspecified atom stereocenters. The Labute approximate surface area is 159 Å². The van der Waals surface area contributed by atoms with E-state index >= 15 is 0 Å². The molecule has 3 rings (SSSR count). The number of carbonyl (C=O) groups excluding carboxylic acids is 1. The number of aliphatic imine (C=N–C) groups is 1. The van der Waals surface area contributed by atoms with E-state index in [0.717, 1.165) is 5.01 Å². The van der Waals surface area contributed by atoms with E-state index in [0.29, 0.717) is 11.3 Å². The first-order valence-electron chi connectivity index (χ1n) is 6.90. The summed E-state index contributed by atoms with van der Waals surface area (Å²) in [5, 5.41) is 26.1. The van der Waals surface area contributed by atoms with E-state index in [4.69, 9.17) is 5.79 Å². The van der Waals surface area contributed by atoms with Crippen molar-refractivity contribution in [2.24, 2.45) is 10.1 Å². The molecule has 1 aliphatic heterocycles. The summed E-state index contributed by atoms with van der Waals surface area (Å²) in [7, 11) is 0. The zero-order valence-corrected chi connectivity index (χ0v) is 14.5. The standard InChI is InChI=1S/C14H10N4O5.Na/c19-13-8-17(14(20)16-13)15-7-11-5-6-12(23-11)9-1-3-10(4-2-9)18(21)22;/h1-7H,8H2,(H,16,19,20);/q;+1/p-1/b15-7+;/i7T;. The van der Waals surface area contributed by atoms with Gasteiger partial charge in [-0.25, -0.2) is 14.8 Å². The fraction of sp³-hybridized carbons (Fsp3) is 0.0714. The Morgan fingerprint density at radius 3 is 2.62 bits per heavy atom. The summed E-state index contributed by atoms with van der Waals surface area (Å²) in [6.45, 7) is -0.308. The van der Waals surface area contributed by atoms with Crippen LogP contribution >= 0.6 is 0 Å². The van der Waals surface area contributed by atoms with E-state index < -0.39 is 16.9 Å². The molecule has 2 aromatic rings. The molecule has 2 amide bonds. The summed E-state index contributed by atoms with van der Waals surface area (Å²) in [4.78, 5) is 24.6. The summed E-state index contributed by atoms with van der Waals surface area (Å²) in [5.74, 6) is -0.161. The van der Waals surface area contributed by atoms with E-state index in [1.807, 2.05) is 0 Å². The molecule has 0 saturated heterocycles. The number of nitro benzene ring substituents is 1. The van der Waals surface area contributed by atoms with Crippen LogP contribution in [0.25, 0.3) is 11.3 Å². The van der Waals surface area contributed by atoms with E-state index in [-0.39, 0.29) is 53.7 Å². The number of furan rings is 1. The minimum absolute atomic E-state index is 0. The van der Waals surface area contributed by atoms with Crippen molar-refractivity contribution in [3.05, 3.63) is 52.3 Å². The number of non-ortho nitro benzene ring substituents is 1. The molecule has 0 bridgehead atoms. The maximum absolute atomic E-state index is 11.3. The quantitative estimate of drug-likeness (QED) is 0.287. The third-order valence-corrected chi connectivity index (χ3v) is 2.98. The van der Waals surface area contributed by atoms with Gasteiger partial charge in [0.1, 0.15) is 11.5 Å². The van der Waals surface area contributed by atoms with Gasteiger partial charge in [-0.05, 0) is 30.2 Å². The number of hydrogen-bond donors (Lipinski definition) is 0. The molecule has 0 saturated carbocycles. The first kappa shape index (κ1) is 16.4. The number of benzene rings is 1. The van der Waals surface area contributed by atoms with Crippen LogP contribution < -0.4 is 34.7 Å². The van der Waals surface area contributed by atoms with Crippen LogP contribution in [0.2, 0.25) is 0 Å². The van der Waals surface area contributed by atoms with Gasteiger partial charge in [0.05, 0.1) is 19.0 Å². The Hall–Kier alpha value is -2.49. The Bertz CT molecular complexity index is 878. The molecule has 0 atom stereocenters. The summed E-state index contributed by atoms with van der Waals surface area (Å²) in [6.07, 6.45) is -0.346. The van der Waals surface area contributed by atoms with Crippen molar-refractivity contribution in [3.63, 3.8) is 0 Å². The van der Waals surface area contributed by atoms with Crippen molar-refractivity contribution in [3.8, 4) is 11.3 Å². The molecule has 0 spiro atoms. The number of nitrogens with zero attached hydrogens (tertiary/aromatic N) is 4. The Balaban J connectivity index is 0.00000225. The third kappa shape index (κ3) is 3.88. The molecule has 9 nitrogen and oxygen atoms in total. The van der Waals surface area contributed by atoms with Crippen molar-refractivity contribution < 1.29 is 50.2 Å². The number of nitro groups is 1. The summed E-state index contributed by atoms with van der Waals surface area (Å²) in [6, 6.07) is 7.93. The van der Waals surface area contributed by atoms with Gasteiger partial charge in [0.2, 0.25) is 0 Å². The molecular weight excluding hydrogens is 327 g/mol. The molecule has 1 aromatic heterocycles. The van der Waals surface area contributed by atoms with Gasteiger partial charge in [0.25, 0.3) is 5.69 Å². The molecule has 1 aliphatic rings. The van der Waals surface area contributed by atoms with Crippen molar-refractivity contribution >= 4 is 23.8 Å². The van der Waals surface area contributed by atoms with Crippen molar-refractivity contribution in [2.45, 2.75) is 0 Å². The zero-order valence-electron chi connectivity index (χ0n) is 13.5. The molecule has 0 radical (unpaired) electrons. The number of hydrazone groups is 1. The second kappa shape index (κ2) is 7.39.